The first-order valence-corrected chi connectivity index (χ1v) is 9.79. The molecule has 0 aliphatic heterocycles. The monoisotopic (exact) mass is 403 g/mol. The van der Waals surface area contributed by atoms with E-state index in [4.69, 9.17) is 0 Å². The summed E-state index contributed by atoms with van der Waals surface area (Å²) in [6.07, 6.45) is 0.444. The standard InChI is InChI=1S/C18H19OPS.C3H7NO.CH4/c1-11(2)17(13(4)19)18(20)16-6-5-14(9-12(16)3)15-7-8-21-10-15;1-2-3(4)5;/h5-10H,1,20H2,2-4H3;2H2,1H3,(H2,4,5);1H4/b18-17+;;. The number of carbonyl (C=O) groups is 2. The summed E-state index contributed by atoms with van der Waals surface area (Å²) in [5.74, 6) is -0.196. The van der Waals surface area contributed by atoms with E-state index in [0.717, 1.165) is 22.0 Å². The Morgan fingerprint density at radius 1 is 1.19 bits per heavy atom. The van der Waals surface area contributed by atoms with Crippen LogP contribution in [-0.2, 0) is 9.59 Å². The fraction of sp³-hybridized carbons (Fsp3) is 0.273. The van der Waals surface area contributed by atoms with Crippen molar-refractivity contribution in [3.8, 4) is 11.1 Å². The van der Waals surface area contributed by atoms with E-state index in [0.29, 0.717) is 12.0 Å². The van der Waals surface area contributed by atoms with E-state index in [1.807, 2.05) is 6.92 Å². The molecule has 2 aromatic rings. The zero-order valence-corrected chi connectivity index (χ0v) is 17.7. The van der Waals surface area contributed by atoms with Crippen molar-refractivity contribution in [1.29, 1.82) is 0 Å². The van der Waals surface area contributed by atoms with Gasteiger partial charge < -0.3 is 5.73 Å². The number of carbonyl (C=O) groups excluding carboxylic acids is 2. The Hall–Kier alpha value is -2.03. The third-order valence-corrected chi connectivity index (χ3v) is 5.05. The van der Waals surface area contributed by atoms with Gasteiger partial charge in [-0.05, 0) is 70.7 Å². The molecule has 2 rings (SSSR count). The Kier molecular flexibility index (Phi) is 10.8. The SMILES string of the molecule is C.C=C(C)/C(C(C)=O)=C(\P)c1ccc(-c2ccsc2)cc1C.CCC(N)=O. The fourth-order valence-corrected chi connectivity index (χ4v) is 3.87. The maximum Gasteiger partial charge on any atom is 0.217 e. The second-order valence-corrected chi connectivity index (χ2v) is 7.34. The van der Waals surface area contributed by atoms with Gasteiger partial charge in [-0.25, -0.2) is 0 Å². The highest BCUT2D eigenvalue weighted by molar-refractivity contribution is 7.31. The number of ketones is 1. The number of primary amides is 1. The van der Waals surface area contributed by atoms with Crippen molar-refractivity contribution >= 4 is 37.6 Å². The first kappa shape index (κ1) is 25.0. The zero-order valence-electron chi connectivity index (χ0n) is 15.8. The zero-order chi connectivity index (χ0) is 19.9. The van der Waals surface area contributed by atoms with Crippen molar-refractivity contribution in [3.05, 3.63) is 63.9 Å². The fourth-order valence-electron chi connectivity index (χ4n) is 2.43. The van der Waals surface area contributed by atoms with E-state index in [-0.39, 0.29) is 19.1 Å². The van der Waals surface area contributed by atoms with Gasteiger partial charge in [-0.2, -0.15) is 11.3 Å². The minimum absolute atomic E-state index is 0. The van der Waals surface area contributed by atoms with Crippen LogP contribution in [0.5, 0.6) is 0 Å². The molecule has 2 N–H and O–H groups in total. The van der Waals surface area contributed by atoms with Gasteiger partial charge in [0.15, 0.2) is 5.78 Å². The van der Waals surface area contributed by atoms with Gasteiger partial charge in [0.1, 0.15) is 0 Å². The highest BCUT2D eigenvalue weighted by Gasteiger charge is 2.13. The van der Waals surface area contributed by atoms with Crippen LogP contribution in [0.1, 0.15) is 45.7 Å². The van der Waals surface area contributed by atoms with Gasteiger partial charge in [0.25, 0.3) is 0 Å². The number of benzene rings is 1. The van der Waals surface area contributed by atoms with Gasteiger partial charge in [-0.15, -0.1) is 9.24 Å². The van der Waals surface area contributed by atoms with Gasteiger partial charge in [0.2, 0.25) is 5.91 Å². The highest BCUT2D eigenvalue weighted by atomic mass is 32.1. The first-order chi connectivity index (χ1) is 12.2. The van der Waals surface area contributed by atoms with Crippen LogP contribution in [0.2, 0.25) is 0 Å². The van der Waals surface area contributed by atoms with E-state index in [2.05, 4.69) is 63.5 Å². The minimum atomic E-state index is -0.245. The Bertz CT molecular complexity index is 820. The Morgan fingerprint density at radius 2 is 1.78 bits per heavy atom. The average molecular weight is 404 g/mol. The van der Waals surface area contributed by atoms with Crippen LogP contribution in [-0.4, -0.2) is 11.7 Å². The summed E-state index contributed by atoms with van der Waals surface area (Å²) in [7, 11) is 2.70. The Morgan fingerprint density at radius 3 is 2.15 bits per heavy atom. The van der Waals surface area contributed by atoms with E-state index in [1.54, 1.807) is 25.2 Å². The number of allylic oxidation sites excluding steroid dienone is 2. The molecule has 1 amide bonds. The van der Waals surface area contributed by atoms with Crippen LogP contribution < -0.4 is 5.73 Å². The predicted octanol–water partition coefficient (Wildman–Crippen LogP) is 5.99. The molecule has 27 heavy (non-hydrogen) atoms. The number of hydrogen-bond donors (Lipinski definition) is 1. The van der Waals surface area contributed by atoms with Gasteiger partial charge in [0.05, 0.1) is 0 Å². The van der Waals surface area contributed by atoms with Crippen LogP contribution in [0.15, 0.2) is 52.8 Å². The third kappa shape index (κ3) is 7.24. The summed E-state index contributed by atoms with van der Waals surface area (Å²) in [5.41, 5.74) is 10.8. The predicted molar refractivity (Wildman–Crippen MR) is 123 cm³/mol. The molecular weight excluding hydrogens is 373 g/mol. The quantitative estimate of drug-likeness (QED) is 0.378. The molecule has 0 aliphatic carbocycles. The lowest BCUT2D eigenvalue weighted by Gasteiger charge is -2.13. The van der Waals surface area contributed by atoms with Gasteiger partial charge in [0, 0.05) is 12.0 Å². The summed E-state index contributed by atoms with van der Waals surface area (Å²) in [5, 5.41) is 5.14. The molecule has 1 unspecified atom stereocenters. The molecule has 1 heterocycles. The van der Waals surface area contributed by atoms with E-state index in [9.17, 15) is 9.59 Å². The lowest BCUT2D eigenvalue weighted by atomic mass is 9.96. The van der Waals surface area contributed by atoms with Crippen molar-refractivity contribution < 1.29 is 9.59 Å². The number of aryl methyl sites for hydroxylation is 1. The molecule has 0 radical (unpaired) electrons. The molecular formula is C22H30NO2PS. The number of thiophene rings is 1. The Balaban J connectivity index is 0.00000100. The maximum atomic E-state index is 11.8. The smallest absolute Gasteiger partial charge is 0.217 e. The maximum absolute atomic E-state index is 11.8. The minimum Gasteiger partial charge on any atom is -0.370 e. The molecule has 1 aromatic heterocycles. The molecule has 0 saturated heterocycles. The normalized spacial score (nSPS) is 10.7. The van der Waals surface area contributed by atoms with Crippen LogP contribution in [0, 0.1) is 6.92 Å². The van der Waals surface area contributed by atoms with Crippen LogP contribution in [0.3, 0.4) is 0 Å². The molecule has 5 heteroatoms. The Labute approximate surface area is 169 Å². The van der Waals surface area contributed by atoms with E-state index >= 15 is 0 Å². The second-order valence-electron chi connectivity index (χ2n) is 5.99. The number of hydrogen-bond acceptors (Lipinski definition) is 3. The van der Waals surface area contributed by atoms with E-state index in [1.165, 1.54) is 11.1 Å². The number of nitrogens with two attached hydrogens (primary N) is 1. The molecule has 0 saturated carbocycles. The van der Waals surface area contributed by atoms with Crippen LogP contribution in [0.4, 0.5) is 0 Å². The topological polar surface area (TPSA) is 60.2 Å². The number of rotatable bonds is 5. The second kappa shape index (κ2) is 11.6. The van der Waals surface area contributed by atoms with Crippen molar-refractivity contribution in [2.75, 3.05) is 0 Å². The summed E-state index contributed by atoms with van der Waals surface area (Å²) in [6, 6.07) is 8.46. The van der Waals surface area contributed by atoms with E-state index < -0.39 is 0 Å². The third-order valence-electron chi connectivity index (χ3n) is 3.77. The van der Waals surface area contributed by atoms with Crippen molar-refractivity contribution in [3.63, 3.8) is 0 Å². The number of amides is 1. The molecule has 1 atom stereocenters. The number of Topliss-reactive ketones (excluding diaryl/α,β-unsaturated/α-hetero) is 1. The summed E-state index contributed by atoms with van der Waals surface area (Å²) >= 11 is 1.69. The lowest BCUT2D eigenvalue weighted by molar-refractivity contribution is -0.117. The largest absolute Gasteiger partial charge is 0.370 e. The molecule has 0 aliphatic rings. The van der Waals surface area contributed by atoms with Crippen molar-refractivity contribution in [2.24, 2.45) is 5.73 Å². The van der Waals surface area contributed by atoms with Crippen LogP contribution >= 0.6 is 20.6 Å². The van der Waals surface area contributed by atoms with Crippen molar-refractivity contribution in [1.82, 2.24) is 0 Å². The molecule has 146 valence electrons. The summed E-state index contributed by atoms with van der Waals surface area (Å²) in [6.45, 7) is 11.2. The van der Waals surface area contributed by atoms with Gasteiger partial charge in [-0.1, -0.05) is 39.1 Å². The highest BCUT2D eigenvalue weighted by Crippen LogP contribution is 2.34. The van der Waals surface area contributed by atoms with Crippen LogP contribution in [0.25, 0.3) is 16.4 Å². The molecule has 0 spiro atoms. The average Bonchev–Trinajstić information content (AvgIpc) is 3.08. The molecule has 1 aromatic carbocycles. The van der Waals surface area contributed by atoms with Gasteiger partial charge >= 0.3 is 0 Å². The lowest BCUT2D eigenvalue weighted by Crippen LogP contribution is -2.06. The molecule has 0 bridgehead atoms. The van der Waals surface area contributed by atoms with Crippen molar-refractivity contribution in [2.45, 2.75) is 41.5 Å². The summed E-state index contributed by atoms with van der Waals surface area (Å²) in [4.78, 5) is 21.4. The summed E-state index contributed by atoms with van der Waals surface area (Å²) < 4.78 is 0. The first-order valence-electron chi connectivity index (χ1n) is 8.27. The molecule has 3 nitrogen and oxygen atoms in total. The van der Waals surface area contributed by atoms with Gasteiger partial charge in [-0.3, -0.25) is 9.59 Å². The molecule has 0 fully saturated rings.